The van der Waals surface area contributed by atoms with Crippen molar-refractivity contribution in [2.45, 2.75) is 12.3 Å². The third-order valence-electron chi connectivity index (χ3n) is 2.49. The van der Waals surface area contributed by atoms with Crippen molar-refractivity contribution >= 4 is 5.94 Å². The number of rotatable bonds is 1. The van der Waals surface area contributed by atoms with Gasteiger partial charge < -0.3 is 5.32 Å². The molecule has 1 aliphatic heterocycles. The summed E-state index contributed by atoms with van der Waals surface area (Å²) in [6.45, 7) is 0.521. The zero-order chi connectivity index (χ0) is 10.8. The quantitative estimate of drug-likeness (QED) is 0.714. The topological polar surface area (TPSA) is 29.1 Å². The summed E-state index contributed by atoms with van der Waals surface area (Å²) in [5, 5.41) is 2.84. The van der Waals surface area contributed by atoms with Gasteiger partial charge in [0.2, 0.25) is 0 Å². The summed E-state index contributed by atoms with van der Waals surface area (Å²) in [6, 6.07) is 3.43. The molecule has 1 aromatic carbocycles. The van der Waals surface area contributed by atoms with E-state index >= 15 is 0 Å². The van der Waals surface area contributed by atoms with Gasteiger partial charge in [0.1, 0.15) is 17.6 Å². The fraction of sp³-hybridized carbons (Fsp3) is 0.273. The van der Waals surface area contributed by atoms with Gasteiger partial charge in [-0.1, -0.05) is 0 Å². The van der Waals surface area contributed by atoms with Crippen molar-refractivity contribution in [2.75, 3.05) is 6.54 Å². The molecule has 1 heterocycles. The Hall–Kier alpha value is -1.67. The van der Waals surface area contributed by atoms with E-state index in [1.54, 1.807) is 5.94 Å². The van der Waals surface area contributed by atoms with E-state index in [0.717, 1.165) is 6.07 Å². The number of hydrogen-bond acceptors (Lipinski definition) is 2. The SMILES string of the molecule is O=C=C1C[C@@H](c2cc(F)cc(F)c2)CN1. The van der Waals surface area contributed by atoms with Crippen LogP contribution in [0.3, 0.4) is 0 Å². The van der Waals surface area contributed by atoms with E-state index in [0.29, 0.717) is 24.2 Å². The van der Waals surface area contributed by atoms with Crippen molar-refractivity contribution in [1.29, 1.82) is 0 Å². The highest BCUT2D eigenvalue weighted by Crippen LogP contribution is 2.27. The Kier molecular flexibility index (Phi) is 2.52. The molecule has 1 aliphatic rings. The van der Waals surface area contributed by atoms with E-state index in [9.17, 15) is 13.6 Å². The Labute approximate surface area is 85.6 Å². The molecule has 2 nitrogen and oxygen atoms in total. The molecule has 1 fully saturated rings. The lowest BCUT2D eigenvalue weighted by Crippen LogP contribution is -2.07. The molecule has 1 aromatic rings. The van der Waals surface area contributed by atoms with Crippen LogP contribution < -0.4 is 5.32 Å². The van der Waals surface area contributed by atoms with Crippen LogP contribution in [-0.2, 0) is 4.79 Å². The van der Waals surface area contributed by atoms with Crippen LogP contribution in [0, 0.1) is 11.6 Å². The van der Waals surface area contributed by atoms with Gasteiger partial charge in [0, 0.05) is 24.9 Å². The number of halogens is 2. The third-order valence-corrected chi connectivity index (χ3v) is 2.49. The molecule has 4 heteroatoms. The molecule has 78 valence electrons. The summed E-state index contributed by atoms with van der Waals surface area (Å²) in [7, 11) is 0. The van der Waals surface area contributed by atoms with Crippen LogP contribution in [0.2, 0.25) is 0 Å². The van der Waals surface area contributed by atoms with E-state index in [2.05, 4.69) is 5.32 Å². The van der Waals surface area contributed by atoms with Crippen molar-refractivity contribution in [3.05, 3.63) is 41.1 Å². The number of benzene rings is 1. The Morgan fingerprint density at radius 1 is 1.27 bits per heavy atom. The standard InChI is InChI=1S/C11H9F2NO/c12-9-1-7(2-10(13)4-9)8-3-11(6-15)14-5-8/h1-2,4,8,14H,3,5H2/t8-/m1/s1. The van der Waals surface area contributed by atoms with Crippen LogP contribution in [0.15, 0.2) is 23.9 Å². The molecule has 0 saturated carbocycles. The summed E-state index contributed by atoms with van der Waals surface area (Å²) in [6.07, 6.45) is 0.465. The van der Waals surface area contributed by atoms with Gasteiger partial charge in [0.05, 0.1) is 5.70 Å². The van der Waals surface area contributed by atoms with Crippen molar-refractivity contribution in [3.8, 4) is 0 Å². The molecule has 0 spiro atoms. The fourth-order valence-electron chi connectivity index (χ4n) is 1.76. The van der Waals surface area contributed by atoms with Crippen molar-refractivity contribution in [3.63, 3.8) is 0 Å². The van der Waals surface area contributed by atoms with Gasteiger partial charge >= 0.3 is 0 Å². The molecule has 0 aliphatic carbocycles. The first-order valence-corrected chi connectivity index (χ1v) is 4.63. The largest absolute Gasteiger partial charge is 0.379 e. The predicted octanol–water partition coefficient (Wildman–Crippen LogP) is 1.76. The van der Waals surface area contributed by atoms with E-state index in [1.165, 1.54) is 12.1 Å². The number of carbonyl (C=O) groups excluding carboxylic acids is 1. The molecule has 0 unspecified atom stereocenters. The van der Waals surface area contributed by atoms with Gasteiger partial charge in [0.25, 0.3) is 0 Å². The summed E-state index contributed by atoms with van der Waals surface area (Å²) >= 11 is 0. The maximum Gasteiger partial charge on any atom is 0.145 e. The van der Waals surface area contributed by atoms with Gasteiger partial charge in [0.15, 0.2) is 0 Å². The van der Waals surface area contributed by atoms with Crippen LogP contribution >= 0.6 is 0 Å². The monoisotopic (exact) mass is 209 g/mol. The van der Waals surface area contributed by atoms with Crippen molar-refractivity contribution in [1.82, 2.24) is 5.32 Å². The van der Waals surface area contributed by atoms with Crippen LogP contribution in [0.5, 0.6) is 0 Å². The minimum absolute atomic E-state index is 0.0494. The van der Waals surface area contributed by atoms with Crippen molar-refractivity contribution < 1.29 is 13.6 Å². The second kappa shape index (κ2) is 3.83. The Morgan fingerprint density at radius 3 is 2.47 bits per heavy atom. The van der Waals surface area contributed by atoms with Gasteiger partial charge in [-0.3, -0.25) is 0 Å². The summed E-state index contributed by atoms with van der Waals surface area (Å²) in [4.78, 5) is 10.3. The number of nitrogens with one attached hydrogen (secondary N) is 1. The molecule has 1 N–H and O–H groups in total. The normalized spacial score (nSPS) is 19.9. The van der Waals surface area contributed by atoms with E-state index in [-0.39, 0.29) is 5.92 Å². The second-order valence-corrected chi connectivity index (χ2v) is 3.57. The smallest absolute Gasteiger partial charge is 0.145 e. The van der Waals surface area contributed by atoms with Crippen LogP contribution in [-0.4, -0.2) is 12.5 Å². The lowest BCUT2D eigenvalue weighted by Gasteiger charge is -2.07. The Balaban J connectivity index is 2.27. The maximum absolute atomic E-state index is 12.9. The van der Waals surface area contributed by atoms with Gasteiger partial charge in [-0.25, -0.2) is 13.6 Å². The zero-order valence-electron chi connectivity index (χ0n) is 7.89. The molecule has 0 radical (unpaired) electrons. The Bertz CT molecular complexity index is 418. The number of allylic oxidation sites excluding steroid dienone is 1. The average Bonchev–Trinajstić information content (AvgIpc) is 2.64. The lowest BCUT2D eigenvalue weighted by atomic mass is 9.97. The summed E-state index contributed by atoms with van der Waals surface area (Å²) in [5.41, 5.74) is 1.04. The molecule has 0 aromatic heterocycles. The first-order chi connectivity index (χ1) is 7.19. The average molecular weight is 209 g/mol. The first-order valence-electron chi connectivity index (χ1n) is 4.63. The highest BCUT2D eigenvalue weighted by atomic mass is 19.1. The molecule has 1 atom stereocenters. The maximum atomic E-state index is 12.9. The second-order valence-electron chi connectivity index (χ2n) is 3.57. The molecule has 0 bridgehead atoms. The van der Waals surface area contributed by atoms with Crippen molar-refractivity contribution in [2.24, 2.45) is 0 Å². The molecule has 2 rings (SSSR count). The summed E-state index contributed by atoms with van der Waals surface area (Å²) in [5.74, 6) is 0.533. The lowest BCUT2D eigenvalue weighted by molar-refractivity contribution is 0.565. The minimum atomic E-state index is -0.589. The van der Waals surface area contributed by atoms with Gasteiger partial charge in [-0.15, -0.1) is 0 Å². The van der Waals surface area contributed by atoms with E-state index in [4.69, 9.17) is 0 Å². The van der Waals surface area contributed by atoms with Crippen LogP contribution in [0.1, 0.15) is 17.9 Å². The molecule has 15 heavy (non-hydrogen) atoms. The predicted molar refractivity (Wildman–Crippen MR) is 50.9 cm³/mol. The third kappa shape index (κ3) is 2.05. The minimum Gasteiger partial charge on any atom is -0.379 e. The summed E-state index contributed by atoms with van der Waals surface area (Å²) < 4.78 is 25.8. The van der Waals surface area contributed by atoms with Gasteiger partial charge in [-0.2, -0.15) is 0 Å². The number of hydrogen-bond donors (Lipinski definition) is 1. The zero-order valence-corrected chi connectivity index (χ0v) is 7.89. The van der Waals surface area contributed by atoms with E-state index < -0.39 is 11.6 Å². The molecular formula is C11H9F2NO. The molecule has 0 amide bonds. The highest BCUT2D eigenvalue weighted by molar-refractivity contribution is 5.53. The van der Waals surface area contributed by atoms with Crippen LogP contribution in [0.4, 0.5) is 8.78 Å². The molecular weight excluding hydrogens is 200 g/mol. The first kappa shape index (κ1) is 9.87. The van der Waals surface area contributed by atoms with E-state index in [1.807, 2.05) is 0 Å². The van der Waals surface area contributed by atoms with Gasteiger partial charge in [-0.05, 0) is 17.7 Å². The molecule has 1 saturated heterocycles. The highest BCUT2D eigenvalue weighted by Gasteiger charge is 2.22. The van der Waals surface area contributed by atoms with Crippen LogP contribution in [0.25, 0.3) is 0 Å². The Morgan fingerprint density at radius 2 is 1.93 bits per heavy atom. The fourth-order valence-corrected chi connectivity index (χ4v) is 1.76.